The lowest BCUT2D eigenvalue weighted by molar-refractivity contribution is -0.135. The molecule has 1 aromatic heterocycles. The van der Waals surface area contributed by atoms with Crippen LogP contribution in [0.5, 0.6) is 0 Å². The molecule has 0 aliphatic heterocycles. The van der Waals surface area contributed by atoms with Gasteiger partial charge in [0.2, 0.25) is 5.71 Å². The molecule has 0 N–H and O–H groups in total. The minimum atomic E-state index is -3.81. The van der Waals surface area contributed by atoms with Crippen LogP contribution in [0.1, 0.15) is 24.8 Å². The molecule has 21 heavy (non-hydrogen) atoms. The highest BCUT2D eigenvalue weighted by atomic mass is 32.2. The molecule has 9 heteroatoms. The van der Waals surface area contributed by atoms with Crippen LogP contribution in [0.4, 0.5) is 0 Å². The van der Waals surface area contributed by atoms with Crippen LogP contribution < -0.4 is 9.88 Å². The molecule has 0 saturated heterocycles. The van der Waals surface area contributed by atoms with E-state index in [2.05, 4.69) is 14.4 Å². The third kappa shape index (κ3) is 4.11. The highest BCUT2D eigenvalue weighted by Crippen LogP contribution is 2.06. The van der Waals surface area contributed by atoms with Crippen molar-refractivity contribution in [2.24, 2.45) is 5.16 Å². The zero-order valence-electron chi connectivity index (χ0n) is 11.5. The van der Waals surface area contributed by atoms with E-state index < -0.39 is 16.1 Å². The Hall–Kier alpha value is -1.74. The highest BCUT2D eigenvalue weighted by Gasteiger charge is 2.21. The van der Waals surface area contributed by atoms with Crippen LogP contribution >= 0.6 is 11.3 Å². The summed E-state index contributed by atoms with van der Waals surface area (Å²) in [6.45, 7) is 1.78. The fraction of sp³-hybridized carbons (Fsp3) is 0.417. The Bertz CT molecular complexity index is 759. The summed E-state index contributed by atoms with van der Waals surface area (Å²) in [7, 11) is -3.81. The van der Waals surface area contributed by atoms with E-state index in [4.69, 9.17) is 4.74 Å². The molecular weight excluding hydrogens is 316 g/mol. The third-order valence-corrected chi connectivity index (χ3v) is 3.87. The minimum absolute atomic E-state index is 0.139. The van der Waals surface area contributed by atoms with Crippen LogP contribution in [0, 0.1) is 0 Å². The van der Waals surface area contributed by atoms with Crippen molar-refractivity contribution >= 4 is 45.3 Å². The van der Waals surface area contributed by atoms with Gasteiger partial charge >= 0.3 is 16.1 Å². The average molecular weight is 330 g/mol. The van der Waals surface area contributed by atoms with E-state index in [9.17, 15) is 13.2 Å². The van der Waals surface area contributed by atoms with Gasteiger partial charge in [-0.1, -0.05) is 17.3 Å². The molecule has 7 nitrogen and oxygen atoms in total. The topological polar surface area (TPSA) is 94.9 Å². The van der Waals surface area contributed by atoms with E-state index >= 15 is 0 Å². The Morgan fingerprint density at radius 2 is 2.14 bits per heavy atom. The van der Waals surface area contributed by atoms with Crippen LogP contribution in [-0.4, -0.2) is 37.9 Å². The van der Waals surface area contributed by atoms with Gasteiger partial charge in [-0.25, -0.2) is 9.78 Å². The zero-order valence-corrected chi connectivity index (χ0v) is 13.2. The fourth-order valence-electron chi connectivity index (χ4n) is 1.64. The van der Waals surface area contributed by atoms with Crippen molar-refractivity contribution in [1.29, 1.82) is 0 Å². The van der Waals surface area contributed by atoms with E-state index in [1.165, 1.54) is 11.3 Å². The summed E-state index contributed by atoms with van der Waals surface area (Å²) in [5.41, 5.74) is -0.247. The first-order chi connectivity index (χ1) is 9.90. The molecule has 0 unspecified atom stereocenters. The van der Waals surface area contributed by atoms with E-state index in [0.29, 0.717) is 0 Å². The van der Waals surface area contributed by atoms with Crippen molar-refractivity contribution < 1.29 is 22.2 Å². The van der Waals surface area contributed by atoms with Crippen LogP contribution in [0.25, 0.3) is 12.2 Å². The fourth-order valence-corrected chi connectivity index (χ4v) is 2.85. The minimum Gasteiger partial charge on any atom is -0.461 e. The maximum Gasteiger partial charge on any atom is 0.363 e. The van der Waals surface area contributed by atoms with Crippen LogP contribution in [-0.2, 0) is 23.9 Å². The quantitative estimate of drug-likeness (QED) is 0.419. The lowest BCUT2D eigenvalue weighted by atomic mass is 10.2. The molecule has 1 aliphatic rings. The maximum absolute atomic E-state index is 11.9. The average Bonchev–Trinajstić information content (AvgIpc) is 2.81. The molecule has 0 aromatic carbocycles. The van der Waals surface area contributed by atoms with Crippen LogP contribution in [0.2, 0.25) is 0 Å². The first kappa shape index (κ1) is 15.6. The van der Waals surface area contributed by atoms with Gasteiger partial charge in [-0.3, -0.25) is 4.28 Å². The molecule has 2 rings (SSSR count). The molecule has 1 aromatic rings. The summed E-state index contributed by atoms with van der Waals surface area (Å²) in [6, 6.07) is 0. The number of esters is 1. The monoisotopic (exact) mass is 330 g/mol. The van der Waals surface area contributed by atoms with Gasteiger partial charge in [0.25, 0.3) is 0 Å². The second-order valence-electron chi connectivity index (χ2n) is 4.19. The molecule has 1 aliphatic carbocycles. The summed E-state index contributed by atoms with van der Waals surface area (Å²) in [6.07, 6.45) is 6.59. The molecule has 0 bridgehead atoms. The Kier molecular flexibility index (Phi) is 4.73. The summed E-state index contributed by atoms with van der Waals surface area (Å²) in [4.78, 5) is 16.2. The number of fused-ring (bicyclic) bond motifs is 1. The van der Waals surface area contributed by atoms with Gasteiger partial charge in [0.15, 0.2) is 5.01 Å². The molecule has 0 spiro atoms. The molecule has 0 saturated carbocycles. The van der Waals surface area contributed by atoms with Crippen molar-refractivity contribution in [3.05, 3.63) is 14.9 Å². The Labute approximate surface area is 125 Å². The summed E-state index contributed by atoms with van der Waals surface area (Å²) < 4.78 is 32.2. The summed E-state index contributed by atoms with van der Waals surface area (Å²) >= 11 is 1.24. The van der Waals surface area contributed by atoms with E-state index in [-0.39, 0.29) is 17.3 Å². The lowest BCUT2D eigenvalue weighted by Gasteiger charge is -2.02. The van der Waals surface area contributed by atoms with Crippen molar-refractivity contribution in [1.82, 2.24) is 4.98 Å². The molecule has 0 atom stereocenters. The van der Waals surface area contributed by atoms with E-state index in [0.717, 1.165) is 29.0 Å². The van der Waals surface area contributed by atoms with Gasteiger partial charge in [0.05, 0.1) is 22.7 Å². The van der Waals surface area contributed by atoms with Gasteiger partial charge in [-0.15, -0.1) is 11.3 Å². The van der Waals surface area contributed by atoms with Gasteiger partial charge in [-0.2, -0.15) is 8.42 Å². The summed E-state index contributed by atoms with van der Waals surface area (Å²) in [5.74, 6) is -0.771. The number of hydrogen-bond donors (Lipinski definition) is 0. The second kappa shape index (κ2) is 6.35. The van der Waals surface area contributed by atoms with Crippen LogP contribution in [0.3, 0.4) is 0 Å². The summed E-state index contributed by atoms with van der Waals surface area (Å²) in [5, 5.41) is 4.44. The van der Waals surface area contributed by atoms with E-state index in [1.807, 2.05) is 12.2 Å². The Balaban J connectivity index is 2.45. The molecule has 114 valence electrons. The number of hydrogen-bond acceptors (Lipinski definition) is 8. The number of aromatic nitrogens is 1. The smallest absolute Gasteiger partial charge is 0.363 e. The molecule has 1 heterocycles. The molecule has 0 fully saturated rings. The SMILES string of the molecule is CCOC(=O)/C(=N\OS(C)(=O)=O)c1nc2c(s1)=CCCC=2. The molecule has 0 amide bonds. The van der Waals surface area contributed by atoms with Gasteiger partial charge < -0.3 is 4.74 Å². The maximum atomic E-state index is 11.9. The Morgan fingerprint density at radius 1 is 1.43 bits per heavy atom. The number of oxime groups is 1. The number of thiazole rings is 1. The van der Waals surface area contributed by atoms with Gasteiger partial charge in [-0.05, 0) is 19.8 Å². The standard InChI is InChI=1S/C12H14N2O5S2/c1-3-18-12(15)10(14-19-21(2,16)17)11-13-8-6-4-5-7-9(8)20-11/h6-7H,3-5H2,1-2H3/b14-10-. The van der Waals surface area contributed by atoms with E-state index in [1.54, 1.807) is 6.92 Å². The predicted octanol–water partition coefficient (Wildman–Crippen LogP) is -0.259. The van der Waals surface area contributed by atoms with Crippen molar-refractivity contribution in [2.45, 2.75) is 19.8 Å². The highest BCUT2D eigenvalue weighted by molar-refractivity contribution is 7.85. The normalized spacial score (nSPS) is 14.7. The number of ether oxygens (including phenoxy) is 1. The number of carbonyl (C=O) groups excluding carboxylic acids is 1. The second-order valence-corrected chi connectivity index (χ2v) is 6.78. The van der Waals surface area contributed by atoms with Gasteiger partial charge in [0, 0.05) is 0 Å². The lowest BCUT2D eigenvalue weighted by Crippen LogP contribution is -2.24. The first-order valence-electron chi connectivity index (χ1n) is 6.22. The van der Waals surface area contributed by atoms with Crippen molar-refractivity contribution in [3.8, 4) is 0 Å². The van der Waals surface area contributed by atoms with Gasteiger partial charge in [0.1, 0.15) is 0 Å². The third-order valence-electron chi connectivity index (χ3n) is 2.45. The number of nitrogens with zero attached hydrogens (tertiary/aromatic N) is 2. The van der Waals surface area contributed by atoms with Crippen molar-refractivity contribution in [2.75, 3.05) is 12.9 Å². The van der Waals surface area contributed by atoms with Crippen molar-refractivity contribution in [3.63, 3.8) is 0 Å². The largest absolute Gasteiger partial charge is 0.461 e. The number of rotatable bonds is 5. The molecular formula is C12H14N2O5S2. The number of carbonyl (C=O) groups is 1. The molecule has 0 radical (unpaired) electrons. The predicted molar refractivity (Wildman–Crippen MR) is 78.6 cm³/mol. The van der Waals surface area contributed by atoms with Crippen LogP contribution in [0.15, 0.2) is 5.16 Å². The first-order valence-corrected chi connectivity index (χ1v) is 8.85. The zero-order chi connectivity index (χ0) is 15.5. The Morgan fingerprint density at radius 3 is 2.76 bits per heavy atom.